The highest BCUT2D eigenvalue weighted by molar-refractivity contribution is 4.95. The molecule has 0 N–H and O–H groups in total. The van der Waals surface area contributed by atoms with Crippen LogP contribution in [0.4, 0.5) is 0 Å². The van der Waals surface area contributed by atoms with E-state index in [1.807, 2.05) is 0 Å². The van der Waals surface area contributed by atoms with Crippen LogP contribution in [-0.4, -0.2) is 19.5 Å². The third kappa shape index (κ3) is 2.85. The first-order valence-corrected chi connectivity index (χ1v) is 7.60. The van der Waals surface area contributed by atoms with E-state index in [9.17, 15) is 0 Å². The lowest BCUT2D eigenvalue weighted by molar-refractivity contribution is -0.163. The standard InChI is InChI=1S/C15H26O2/c1-2-10-16-14(4-1)17-11-3-7-15-8-5-13(12-15)6-9-15/h13-14H,1-12H2. The van der Waals surface area contributed by atoms with Crippen molar-refractivity contribution in [3.63, 3.8) is 0 Å². The molecule has 1 aliphatic heterocycles. The first-order chi connectivity index (χ1) is 8.36. The summed E-state index contributed by atoms with van der Waals surface area (Å²) in [5.41, 5.74) is 0.738. The van der Waals surface area contributed by atoms with Gasteiger partial charge < -0.3 is 9.47 Å². The lowest BCUT2D eigenvalue weighted by Crippen LogP contribution is -2.23. The molecule has 2 aliphatic carbocycles. The molecule has 2 nitrogen and oxygen atoms in total. The molecule has 0 aromatic carbocycles. The molecule has 3 rings (SSSR count). The van der Waals surface area contributed by atoms with E-state index in [-0.39, 0.29) is 6.29 Å². The smallest absolute Gasteiger partial charge is 0.157 e. The molecule has 1 heterocycles. The fourth-order valence-electron chi connectivity index (χ4n) is 4.17. The zero-order valence-electron chi connectivity index (χ0n) is 11.0. The van der Waals surface area contributed by atoms with Crippen molar-refractivity contribution in [2.45, 2.75) is 70.5 Å². The van der Waals surface area contributed by atoms with E-state index in [1.165, 1.54) is 57.8 Å². The van der Waals surface area contributed by atoms with Gasteiger partial charge in [0.1, 0.15) is 0 Å². The summed E-state index contributed by atoms with van der Waals surface area (Å²) in [6, 6.07) is 0. The van der Waals surface area contributed by atoms with Crippen molar-refractivity contribution in [3.05, 3.63) is 0 Å². The zero-order chi connectivity index (χ0) is 11.6. The second-order valence-corrected chi connectivity index (χ2v) is 6.42. The summed E-state index contributed by atoms with van der Waals surface area (Å²) in [6.45, 7) is 1.81. The highest BCUT2D eigenvalue weighted by atomic mass is 16.7. The van der Waals surface area contributed by atoms with Gasteiger partial charge in [-0.1, -0.05) is 0 Å². The number of ether oxygens (including phenoxy) is 2. The van der Waals surface area contributed by atoms with Gasteiger partial charge in [-0.3, -0.25) is 0 Å². The van der Waals surface area contributed by atoms with Gasteiger partial charge >= 0.3 is 0 Å². The fourth-order valence-corrected chi connectivity index (χ4v) is 4.17. The van der Waals surface area contributed by atoms with Crippen molar-refractivity contribution in [2.24, 2.45) is 11.3 Å². The Morgan fingerprint density at radius 3 is 2.65 bits per heavy atom. The predicted molar refractivity (Wildman–Crippen MR) is 67.8 cm³/mol. The molecule has 1 atom stereocenters. The van der Waals surface area contributed by atoms with Gasteiger partial charge in [-0.15, -0.1) is 0 Å². The molecule has 3 aliphatic rings. The highest BCUT2D eigenvalue weighted by Crippen LogP contribution is 2.56. The Morgan fingerprint density at radius 1 is 1.12 bits per heavy atom. The molecule has 0 radical (unpaired) electrons. The Kier molecular flexibility index (Phi) is 3.72. The molecular formula is C15H26O2. The summed E-state index contributed by atoms with van der Waals surface area (Å²) < 4.78 is 11.4. The van der Waals surface area contributed by atoms with E-state index in [2.05, 4.69) is 0 Å². The van der Waals surface area contributed by atoms with Crippen molar-refractivity contribution in [1.82, 2.24) is 0 Å². The number of fused-ring (bicyclic) bond motifs is 2. The van der Waals surface area contributed by atoms with Crippen molar-refractivity contribution in [2.75, 3.05) is 13.2 Å². The zero-order valence-corrected chi connectivity index (χ0v) is 11.0. The van der Waals surface area contributed by atoms with Crippen LogP contribution < -0.4 is 0 Å². The summed E-state index contributed by atoms with van der Waals surface area (Å²) in [7, 11) is 0. The van der Waals surface area contributed by atoms with Crippen LogP contribution in [0.1, 0.15) is 64.2 Å². The normalized spacial score (nSPS) is 40.9. The minimum atomic E-state index is 0.112. The van der Waals surface area contributed by atoms with Gasteiger partial charge in [-0.05, 0) is 75.5 Å². The van der Waals surface area contributed by atoms with Gasteiger partial charge in [0.15, 0.2) is 6.29 Å². The lowest BCUT2D eigenvalue weighted by atomic mass is 9.80. The molecule has 3 fully saturated rings. The van der Waals surface area contributed by atoms with Crippen LogP contribution in [0.5, 0.6) is 0 Å². The molecule has 1 unspecified atom stereocenters. The van der Waals surface area contributed by atoms with E-state index in [0.29, 0.717) is 0 Å². The SMILES string of the molecule is C1CCC(OCCCC23CCC(CC2)C3)OC1. The van der Waals surface area contributed by atoms with Gasteiger partial charge in [-0.25, -0.2) is 0 Å². The molecule has 0 spiro atoms. The molecular weight excluding hydrogens is 212 g/mol. The maximum absolute atomic E-state index is 5.82. The highest BCUT2D eigenvalue weighted by Gasteiger charge is 2.43. The summed E-state index contributed by atoms with van der Waals surface area (Å²) in [5.74, 6) is 1.08. The topological polar surface area (TPSA) is 18.5 Å². The van der Waals surface area contributed by atoms with Crippen LogP contribution in [-0.2, 0) is 9.47 Å². The predicted octanol–water partition coefficient (Wildman–Crippen LogP) is 3.89. The molecule has 0 aromatic heterocycles. The van der Waals surface area contributed by atoms with Crippen LogP contribution in [0.2, 0.25) is 0 Å². The maximum atomic E-state index is 5.82. The Balaban J connectivity index is 1.32. The van der Waals surface area contributed by atoms with Crippen LogP contribution in [0.25, 0.3) is 0 Å². The van der Waals surface area contributed by atoms with Crippen LogP contribution in [0, 0.1) is 11.3 Å². The number of hydrogen-bond donors (Lipinski definition) is 0. The van der Waals surface area contributed by atoms with Gasteiger partial charge in [-0.2, -0.15) is 0 Å². The van der Waals surface area contributed by atoms with E-state index >= 15 is 0 Å². The fraction of sp³-hybridized carbons (Fsp3) is 1.00. The largest absolute Gasteiger partial charge is 0.353 e. The summed E-state index contributed by atoms with van der Waals surface area (Å²) >= 11 is 0. The van der Waals surface area contributed by atoms with Gasteiger partial charge in [0, 0.05) is 13.2 Å². The first-order valence-electron chi connectivity index (χ1n) is 7.60. The average Bonchev–Trinajstić information content (AvgIpc) is 2.97. The van der Waals surface area contributed by atoms with Crippen molar-refractivity contribution < 1.29 is 9.47 Å². The van der Waals surface area contributed by atoms with E-state index in [4.69, 9.17) is 9.47 Å². The van der Waals surface area contributed by atoms with Gasteiger partial charge in [0.2, 0.25) is 0 Å². The van der Waals surface area contributed by atoms with Crippen molar-refractivity contribution in [1.29, 1.82) is 0 Å². The Morgan fingerprint density at radius 2 is 2.00 bits per heavy atom. The minimum Gasteiger partial charge on any atom is -0.353 e. The molecule has 2 saturated carbocycles. The molecule has 0 amide bonds. The molecule has 2 heteroatoms. The van der Waals surface area contributed by atoms with E-state index < -0.39 is 0 Å². The van der Waals surface area contributed by atoms with Crippen molar-refractivity contribution in [3.8, 4) is 0 Å². The average molecular weight is 238 g/mol. The van der Waals surface area contributed by atoms with Gasteiger partial charge in [0.05, 0.1) is 0 Å². The molecule has 2 bridgehead atoms. The third-order valence-corrected chi connectivity index (χ3v) is 5.18. The summed E-state index contributed by atoms with van der Waals surface area (Å²) in [6.07, 6.45) is 13.9. The minimum absolute atomic E-state index is 0.112. The van der Waals surface area contributed by atoms with Crippen molar-refractivity contribution >= 4 is 0 Å². The van der Waals surface area contributed by atoms with Gasteiger partial charge in [0.25, 0.3) is 0 Å². The maximum Gasteiger partial charge on any atom is 0.157 e. The Hall–Kier alpha value is -0.0800. The monoisotopic (exact) mass is 238 g/mol. The van der Waals surface area contributed by atoms with E-state index in [0.717, 1.165) is 31.0 Å². The molecule has 98 valence electrons. The van der Waals surface area contributed by atoms with E-state index in [1.54, 1.807) is 0 Å². The molecule has 1 saturated heterocycles. The van der Waals surface area contributed by atoms with Crippen LogP contribution in [0.3, 0.4) is 0 Å². The third-order valence-electron chi connectivity index (χ3n) is 5.18. The number of rotatable bonds is 5. The second kappa shape index (κ2) is 5.27. The quantitative estimate of drug-likeness (QED) is 0.676. The van der Waals surface area contributed by atoms with Crippen LogP contribution in [0.15, 0.2) is 0 Å². The molecule has 17 heavy (non-hydrogen) atoms. The second-order valence-electron chi connectivity index (χ2n) is 6.42. The number of hydrogen-bond acceptors (Lipinski definition) is 2. The Bertz CT molecular complexity index is 237. The summed E-state index contributed by atoms with van der Waals surface area (Å²) in [5, 5.41) is 0. The first kappa shape index (κ1) is 12.0. The molecule has 0 aromatic rings. The summed E-state index contributed by atoms with van der Waals surface area (Å²) in [4.78, 5) is 0. The lowest BCUT2D eigenvalue weighted by Gasteiger charge is -2.27. The van der Waals surface area contributed by atoms with Crippen LogP contribution >= 0.6 is 0 Å². The Labute approximate surface area is 105 Å².